The monoisotopic (exact) mass is 254 g/mol. The Morgan fingerprint density at radius 3 is 2.71 bits per heavy atom. The van der Waals surface area contributed by atoms with Crippen molar-refractivity contribution in [1.29, 1.82) is 0 Å². The molecular weight excluding hydrogens is 240 g/mol. The molecule has 5 heteroatoms. The molecule has 92 valence electrons. The Hall–Kier alpha value is -1.29. The highest BCUT2D eigenvalue weighted by molar-refractivity contribution is 6.29. The van der Waals surface area contributed by atoms with E-state index in [0.29, 0.717) is 11.1 Å². The summed E-state index contributed by atoms with van der Waals surface area (Å²) in [6, 6.07) is 3.90. The van der Waals surface area contributed by atoms with E-state index in [2.05, 4.69) is 4.98 Å². The number of pyridine rings is 1. The Balaban J connectivity index is 1.93. The number of aromatic nitrogens is 1. The number of ether oxygens (including phenoxy) is 1. The average molecular weight is 255 g/mol. The fourth-order valence-corrected chi connectivity index (χ4v) is 2.53. The summed E-state index contributed by atoms with van der Waals surface area (Å²) in [4.78, 5) is 14.6. The molecule has 0 aliphatic heterocycles. The zero-order valence-electron chi connectivity index (χ0n) is 9.43. The van der Waals surface area contributed by atoms with Crippen molar-refractivity contribution in [2.24, 2.45) is 5.73 Å². The van der Waals surface area contributed by atoms with Gasteiger partial charge in [-0.3, -0.25) is 0 Å². The molecule has 0 unspecified atom stereocenters. The molecule has 1 aliphatic carbocycles. The molecule has 17 heavy (non-hydrogen) atoms. The molecule has 0 atom stereocenters. The van der Waals surface area contributed by atoms with Crippen LogP contribution in [0.4, 0.5) is 4.79 Å². The van der Waals surface area contributed by atoms with Gasteiger partial charge in [-0.2, -0.15) is 0 Å². The summed E-state index contributed by atoms with van der Waals surface area (Å²) in [5.74, 6) is 0.475. The summed E-state index contributed by atoms with van der Waals surface area (Å²) in [6.45, 7) is 0. The number of halogens is 1. The number of amides is 1. The zero-order chi connectivity index (χ0) is 12.3. The summed E-state index contributed by atoms with van der Waals surface area (Å²) in [7, 11) is 0. The molecule has 1 fully saturated rings. The van der Waals surface area contributed by atoms with Crippen LogP contribution in [-0.2, 0) is 4.74 Å². The van der Waals surface area contributed by atoms with Crippen molar-refractivity contribution in [2.45, 2.75) is 37.7 Å². The van der Waals surface area contributed by atoms with Gasteiger partial charge in [0.05, 0.1) is 0 Å². The number of nitrogens with zero attached hydrogens (tertiary/aromatic N) is 1. The summed E-state index contributed by atoms with van der Waals surface area (Å²) >= 11 is 5.86. The fraction of sp³-hybridized carbons (Fsp3) is 0.500. The standard InChI is InChI=1S/C12H15ClN2O2/c13-11-7-9(5-6-15-11)8-1-3-10(4-2-8)17-12(14)16/h5-8,10H,1-4H2,(H2,14,16). The number of primary amides is 1. The number of rotatable bonds is 2. The minimum Gasteiger partial charge on any atom is -0.446 e. The molecule has 0 bridgehead atoms. The predicted molar refractivity (Wildman–Crippen MR) is 64.9 cm³/mol. The summed E-state index contributed by atoms with van der Waals surface area (Å²) in [6.07, 6.45) is 4.70. The normalized spacial score (nSPS) is 24.3. The lowest BCUT2D eigenvalue weighted by atomic mass is 9.83. The minimum atomic E-state index is -0.680. The number of carbonyl (C=O) groups is 1. The van der Waals surface area contributed by atoms with E-state index < -0.39 is 6.09 Å². The molecule has 0 saturated heterocycles. The van der Waals surface area contributed by atoms with Gasteiger partial charge in [0.25, 0.3) is 0 Å². The Morgan fingerprint density at radius 2 is 2.12 bits per heavy atom. The van der Waals surface area contributed by atoms with Gasteiger partial charge in [0, 0.05) is 6.20 Å². The van der Waals surface area contributed by atoms with E-state index in [1.807, 2.05) is 12.1 Å². The van der Waals surface area contributed by atoms with E-state index in [0.717, 1.165) is 25.7 Å². The van der Waals surface area contributed by atoms with Gasteiger partial charge in [0.1, 0.15) is 11.3 Å². The Bertz CT molecular complexity index is 403. The third kappa shape index (κ3) is 3.33. The van der Waals surface area contributed by atoms with Crippen LogP contribution in [0.3, 0.4) is 0 Å². The van der Waals surface area contributed by atoms with Crippen molar-refractivity contribution in [1.82, 2.24) is 4.98 Å². The predicted octanol–water partition coefficient (Wildman–Crippen LogP) is 2.86. The molecule has 1 aliphatic rings. The van der Waals surface area contributed by atoms with Crippen LogP contribution in [0.15, 0.2) is 18.3 Å². The second-order valence-corrected chi connectivity index (χ2v) is 4.71. The molecule has 0 spiro atoms. The van der Waals surface area contributed by atoms with Gasteiger partial charge >= 0.3 is 6.09 Å². The lowest BCUT2D eigenvalue weighted by molar-refractivity contribution is 0.0787. The van der Waals surface area contributed by atoms with Gasteiger partial charge < -0.3 is 10.5 Å². The first-order chi connectivity index (χ1) is 8.15. The van der Waals surface area contributed by atoms with Crippen molar-refractivity contribution in [3.05, 3.63) is 29.0 Å². The SMILES string of the molecule is NC(=O)OC1CCC(c2ccnc(Cl)c2)CC1. The molecular formula is C12H15ClN2O2. The van der Waals surface area contributed by atoms with Gasteiger partial charge in [0.15, 0.2) is 0 Å². The van der Waals surface area contributed by atoms with Crippen molar-refractivity contribution in [3.8, 4) is 0 Å². The van der Waals surface area contributed by atoms with E-state index in [1.54, 1.807) is 6.20 Å². The highest BCUT2D eigenvalue weighted by atomic mass is 35.5. The van der Waals surface area contributed by atoms with Crippen LogP contribution in [0.25, 0.3) is 0 Å². The van der Waals surface area contributed by atoms with E-state index in [9.17, 15) is 4.79 Å². The second kappa shape index (κ2) is 5.36. The van der Waals surface area contributed by atoms with E-state index in [-0.39, 0.29) is 6.10 Å². The molecule has 0 aromatic carbocycles. The zero-order valence-corrected chi connectivity index (χ0v) is 10.2. The lowest BCUT2D eigenvalue weighted by Crippen LogP contribution is -2.26. The Labute approximate surface area is 105 Å². The van der Waals surface area contributed by atoms with E-state index in [4.69, 9.17) is 22.1 Å². The highest BCUT2D eigenvalue weighted by Crippen LogP contribution is 2.34. The largest absolute Gasteiger partial charge is 0.446 e. The maximum absolute atomic E-state index is 10.6. The summed E-state index contributed by atoms with van der Waals surface area (Å²) in [5, 5.41) is 0.526. The Morgan fingerprint density at radius 1 is 1.41 bits per heavy atom. The van der Waals surface area contributed by atoms with Crippen molar-refractivity contribution in [2.75, 3.05) is 0 Å². The maximum atomic E-state index is 10.6. The van der Waals surface area contributed by atoms with Crippen LogP contribution < -0.4 is 5.73 Å². The second-order valence-electron chi connectivity index (χ2n) is 4.32. The van der Waals surface area contributed by atoms with E-state index in [1.165, 1.54) is 5.56 Å². The van der Waals surface area contributed by atoms with Crippen LogP contribution in [0.5, 0.6) is 0 Å². The first-order valence-electron chi connectivity index (χ1n) is 5.72. The van der Waals surface area contributed by atoms with Crippen LogP contribution in [0.2, 0.25) is 5.15 Å². The van der Waals surface area contributed by atoms with Crippen molar-refractivity contribution < 1.29 is 9.53 Å². The lowest BCUT2D eigenvalue weighted by Gasteiger charge is -2.28. The highest BCUT2D eigenvalue weighted by Gasteiger charge is 2.24. The van der Waals surface area contributed by atoms with Crippen LogP contribution in [0, 0.1) is 0 Å². The van der Waals surface area contributed by atoms with Gasteiger partial charge in [-0.25, -0.2) is 9.78 Å². The Kier molecular flexibility index (Phi) is 3.84. The third-order valence-corrected chi connectivity index (χ3v) is 3.39. The smallest absolute Gasteiger partial charge is 0.404 e. The molecule has 0 radical (unpaired) electrons. The fourth-order valence-electron chi connectivity index (χ4n) is 2.35. The van der Waals surface area contributed by atoms with Gasteiger partial charge in [-0.15, -0.1) is 0 Å². The quantitative estimate of drug-likeness (QED) is 0.826. The molecule has 1 aromatic heterocycles. The molecule has 1 amide bonds. The number of hydrogen-bond acceptors (Lipinski definition) is 3. The summed E-state index contributed by atoms with van der Waals surface area (Å²) in [5.41, 5.74) is 6.21. The molecule has 1 heterocycles. The molecule has 1 saturated carbocycles. The van der Waals surface area contributed by atoms with Crippen LogP contribution in [-0.4, -0.2) is 17.2 Å². The van der Waals surface area contributed by atoms with Crippen molar-refractivity contribution >= 4 is 17.7 Å². The van der Waals surface area contributed by atoms with Crippen LogP contribution >= 0.6 is 11.6 Å². The number of hydrogen-bond donors (Lipinski definition) is 1. The topological polar surface area (TPSA) is 65.2 Å². The van der Waals surface area contributed by atoms with Crippen molar-refractivity contribution in [3.63, 3.8) is 0 Å². The van der Waals surface area contributed by atoms with E-state index >= 15 is 0 Å². The molecule has 2 N–H and O–H groups in total. The summed E-state index contributed by atoms with van der Waals surface area (Å²) < 4.78 is 5.00. The maximum Gasteiger partial charge on any atom is 0.404 e. The number of nitrogens with two attached hydrogens (primary N) is 1. The minimum absolute atomic E-state index is 0.0268. The van der Waals surface area contributed by atoms with Gasteiger partial charge in [0.2, 0.25) is 0 Å². The molecule has 2 rings (SSSR count). The van der Waals surface area contributed by atoms with Gasteiger partial charge in [-0.05, 0) is 49.3 Å². The average Bonchev–Trinajstić information content (AvgIpc) is 2.29. The first-order valence-corrected chi connectivity index (χ1v) is 6.10. The first kappa shape index (κ1) is 12.2. The van der Waals surface area contributed by atoms with Crippen LogP contribution in [0.1, 0.15) is 37.2 Å². The molecule has 4 nitrogen and oxygen atoms in total. The molecule has 1 aromatic rings. The number of carbonyl (C=O) groups excluding carboxylic acids is 1. The van der Waals surface area contributed by atoms with Gasteiger partial charge in [-0.1, -0.05) is 11.6 Å². The third-order valence-electron chi connectivity index (χ3n) is 3.18.